The molecule has 0 saturated carbocycles. The largest absolute Gasteiger partial charge is 0.505 e. The molecule has 3 N–H and O–H groups in total. The number of aromatic hydroxyl groups is 2. The smallest absolute Gasteiger partial charge is 0.317 e. The van der Waals surface area contributed by atoms with Crippen LogP contribution in [0.5, 0.6) is 11.6 Å². The number of phenolic OH excluding ortho intramolecular Hbond substituents is 1. The predicted octanol–water partition coefficient (Wildman–Crippen LogP) is 4.77. The standard InChI is InChI=1S/C27H33N5O5/c1-17-7-8-20(15-18(17)2)32-23(11-14-37-3)28-26(27(32)36)30-29-22-6-4-5-21(25(22)35)19-9-12-31(13-10-19)16-24(33)34/h4-8,15,19,35-36H,9-14,16H2,1-3H3,(H,33,34). The van der Waals surface area contributed by atoms with Crippen LogP contribution in [0, 0.1) is 13.8 Å². The molecule has 4 rings (SSSR count). The number of aromatic nitrogens is 2. The molecule has 37 heavy (non-hydrogen) atoms. The van der Waals surface area contributed by atoms with E-state index >= 15 is 0 Å². The second-order valence-corrected chi connectivity index (χ2v) is 9.38. The fraction of sp³-hybridized carbons (Fsp3) is 0.407. The second kappa shape index (κ2) is 11.5. The van der Waals surface area contributed by atoms with Gasteiger partial charge in [0.15, 0.2) is 0 Å². The van der Waals surface area contributed by atoms with Crippen molar-refractivity contribution in [2.45, 2.75) is 39.0 Å². The van der Waals surface area contributed by atoms with Crippen LogP contribution in [0.3, 0.4) is 0 Å². The zero-order chi connectivity index (χ0) is 26.5. The third-order valence-electron chi connectivity index (χ3n) is 6.87. The van der Waals surface area contributed by atoms with E-state index in [1.165, 1.54) is 0 Å². The maximum Gasteiger partial charge on any atom is 0.317 e. The van der Waals surface area contributed by atoms with Crippen molar-refractivity contribution in [3.63, 3.8) is 0 Å². The van der Waals surface area contributed by atoms with Gasteiger partial charge < -0.3 is 20.1 Å². The average molecular weight is 508 g/mol. The van der Waals surface area contributed by atoms with Crippen LogP contribution in [-0.4, -0.2) is 69.1 Å². The number of ether oxygens (including phenoxy) is 1. The molecule has 0 amide bonds. The molecule has 1 aliphatic rings. The Bertz CT molecular complexity index is 1290. The van der Waals surface area contributed by atoms with E-state index in [2.05, 4.69) is 15.2 Å². The van der Waals surface area contributed by atoms with Gasteiger partial charge in [-0.25, -0.2) is 4.98 Å². The number of azo groups is 1. The van der Waals surface area contributed by atoms with E-state index in [4.69, 9.17) is 9.84 Å². The van der Waals surface area contributed by atoms with Crippen molar-refractivity contribution in [3.05, 3.63) is 58.9 Å². The predicted molar refractivity (Wildman–Crippen MR) is 139 cm³/mol. The van der Waals surface area contributed by atoms with Crippen LogP contribution in [-0.2, 0) is 16.0 Å². The van der Waals surface area contributed by atoms with Crippen molar-refractivity contribution in [2.75, 3.05) is 33.4 Å². The van der Waals surface area contributed by atoms with E-state index in [1.807, 2.05) is 49.1 Å². The Morgan fingerprint density at radius 3 is 2.54 bits per heavy atom. The summed E-state index contributed by atoms with van der Waals surface area (Å²) < 4.78 is 6.86. The first-order valence-corrected chi connectivity index (χ1v) is 12.3. The van der Waals surface area contributed by atoms with Crippen LogP contribution < -0.4 is 0 Å². The summed E-state index contributed by atoms with van der Waals surface area (Å²) in [6.07, 6.45) is 1.95. The number of aliphatic carboxylic acids is 1. The lowest BCUT2D eigenvalue weighted by atomic mass is 9.88. The number of imidazole rings is 1. The topological polar surface area (TPSA) is 133 Å². The van der Waals surface area contributed by atoms with Gasteiger partial charge in [0.25, 0.3) is 0 Å². The van der Waals surface area contributed by atoms with E-state index < -0.39 is 5.97 Å². The summed E-state index contributed by atoms with van der Waals surface area (Å²) in [6, 6.07) is 11.2. The lowest BCUT2D eigenvalue weighted by molar-refractivity contribution is -0.138. The van der Waals surface area contributed by atoms with Crippen molar-refractivity contribution >= 4 is 17.5 Å². The van der Waals surface area contributed by atoms with Crippen molar-refractivity contribution in [1.29, 1.82) is 0 Å². The Morgan fingerprint density at radius 2 is 1.86 bits per heavy atom. The third kappa shape index (κ3) is 5.98. The molecule has 1 fully saturated rings. The number of hydrogen-bond acceptors (Lipinski definition) is 8. The number of likely N-dealkylation sites (tertiary alicyclic amines) is 1. The van der Waals surface area contributed by atoms with Crippen LogP contribution in [0.2, 0.25) is 0 Å². The van der Waals surface area contributed by atoms with Gasteiger partial charge in [-0.05, 0) is 80.6 Å². The average Bonchev–Trinajstić information content (AvgIpc) is 3.19. The second-order valence-electron chi connectivity index (χ2n) is 9.38. The van der Waals surface area contributed by atoms with Gasteiger partial charge in [-0.2, -0.15) is 0 Å². The van der Waals surface area contributed by atoms with Crippen LogP contribution >= 0.6 is 0 Å². The highest BCUT2D eigenvalue weighted by Crippen LogP contribution is 2.40. The molecule has 2 aromatic carbocycles. The first-order valence-electron chi connectivity index (χ1n) is 12.3. The number of piperidine rings is 1. The number of methoxy groups -OCH3 is 1. The summed E-state index contributed by atoms with van der Waals surface area (Å²) in [5.74, 6) is -0.204. The quantitative estimate of drug-likeness (QED) is 0.355. The molecular weight excluding hydrogens is 474 g/mol. The first-order chi connectivity index (χ1) is 17.8. The number of aryl methyl sites for hydroxylation is 2. The molecule has 10 heteroatoms. The van der Waals surface area contributed by atoms with Crippen LogP contribution in [0.15, 0.2) is 46.6 Å². The molecule has 0 atom stereocenters. The SMILES string of the molecule is COCCc1nc(N=Nc2cccc(C3CCN(CC(=O)O)CC3)c2O)c(O)n1-c1ccc(C)c(C)c1. The number of rotatable bonds is 9. The minimum atomic E-state index is -0.836. The molecule has 3 aromatic rings. The van der Waals surface area contributed by atoms with Gasteiger partial charge in [0, 0.05) is 13.5 Å². The summed E-state index contributed by atoms with van der Waals surface area (Å²) in [5, 5.41) is 39.4. The summed E-state index contributed by atoms with van der Waals surface area (Å²) in [5.41, 5.74) is 4.03. The molecule has 0 bridgehead atoms. The first kappa shape index (κ1) is 26.3. The summed E-state index contributed by atoms with van der Waals surface area (Å²) >= 11 is 0. The molecule has 0 spiro atoms. The van der Waals surface area contributed by atoms with E-state index in [9.17, 15) is 15.0 Å². The maximum atomic E-state index is 11.0. The van der Waals surface area contributed by atoms with Gasteiger partial charge >= 0.3 is 5.97 Å². The van der Waals surface area contributed by atoms with Crippen LogP contribution in [0.25, 0.3) is 5.69 Å². The number of carboxylic acid groups (broad SMARTS) is 1. The van der Waals surface area contributed by atoms with E-state index in [0.717, 1.165) is 35.2 Å². The number of benzene rings is 2. The van der Waals surface area contributed by atoms with Gasteiger partial charge in [0.05, 0.1) is 18.8 Å². The number of carboxylic acids is 1. The van der Waals surface area contributed by atoms with E-state index in [1.54, 1.807) is 17.7 Å². The number of hydrogen-bond donors (Lipinski definition) is 3. The Morgan fingerprint density at radius 1 is 1.11 bits per heavy atom. The summed E-state index contributed by atoms with van der Waals surface area (Å²) in [4.78, 5) is 17.4. The molecule has 0 aliphatic carbocycles. The van der Waals surface area contributed by atoms with Crippen molar-refractivity contribution in [3.8, 4) is 17.3 Å². The Balaban J connectivity index is 1.59. The normalized spacial score (nSPS) is 15.0. The maximum absolute atomic E-state index is 11.0. The van der Waals surface area contributed by atoms with Gasteiger partial charge in [-0.3, -0.25) is 14.3 Å². The Kier molecular flexibility index (Phi) is 8.20. The highest BCUT2D eigenvalue weighted by Gasteiger charge is 2.25. The minimum Gasteiger partial charge on any atom is -0.505 e. The number of nitrogens with zero attached hydrogens (tertiary/aromatic N) is 5. The van der Waals surface area contributed by atoms with Gasteiger partial charge in [0.1, 0.15) is 17.3 Å². The molecular formula is C27H33N5O5. The molecule has 0 unspecified atom stereocenters. The molecule has 1 saturated heterocycles. The number of carbonyl (C=O) groups is 1. The fourth-order valence-electron chi connectivity index (χ4n) is 4.66. The third-order valence-corrected chi connectivity index (χ3v) is 6.87. The summed E-state index contributed by atoms with van der Waals surface area (Å²) in [7, 11) is 1.61. The Hall–Kier alpha value is -3.76. The highest BCUT2D eigenvalue weighted by molar-refractivity contribution is 5.69. The van der Waals surface area contributed by atoms with Crippen molar-refractivity contribution < 1.29 is 24.9 Å². The summed E-state index contributed by atoms with van der Waals surface area (Å²) in [6.45, 7) is 5.78. The molecule has 2 heterocycles. The Labute approximate surface area is 215 Å². The fourth-order valence-corrected chi connectivity index (χ4v) is 4.66. The van der Waals surface area contributed by atoms with Gasteiger partial charge in [0.2, 0.25) is 11.7 Å². The molecule has 1 aromatic heterocycles. The van der Waals surface area contributed by atoms with Crippen LogP contribution in [0.4, 0.5) is 11.5 Å². The zero-order valence-corrected chi connectivity index (χ0v) is 21.4. The van der Waals surface area contributed by atoms with Crippen molar-refractivity contribution in [1.82, 2.24) is 14.5 Å². The molecule has 0 radical (unpaired) electrons. The highest BCUT2D eigenvalue weighted by atomic mass is 16.5. The van der Waals surface area contributed by atoms with Crippen molar-refractivity contribution in [2.24, 2.45) is 10.2 Å². The lowest BCUT2D eigenvalue weighted by Gasteiger charge is -2.31. The van der Waals surface area contributed by atoms with E-state index in [-0.39, 0.29) is 35.6 Å². The van der Waals surface area contributed by atoms with E-state index in [0.29, 0.717) is 31.9 Å². The number of phenols is 1. The van der Waals surface area contributed by atoms with Crippen LogP contribution in [0.1, 0.15) is 41.3 Å². The number of para-hydroxylation sites is 1. The van der Waals surface area contributed by atoms with Gasteiger partial charge in [-0.1, -0.05) is 18.2 Å². The molecule has 1 aliphatic heterocycles. The monoisotopic (exact) mass is 507 g/mol. The minimum absolute atomic E-state index is 0.0254. The molecule has 196 valence electrons. The lowest BCUT2D eigenvalue weighted by Crippen LogP contribution is -2.36. The van der Waals surface area contributed by atoms with Gasteiger partial charge in [-0.15, -0.1) is 10.2 Å². The zero-order valence-electron chi connectivity index (χ0n) is 21.4. The molecule has 10 nitrogen and oxygen atoms in total.